The van der Waals surface area contributed by atoms with Crippen LogP contribution in [0.2, 0.25) is 5.15 Å². The predicted molar refractivity (Wildman–Crippen MR) is 75.3 cm³/mol. The second-order valence-corrected chi connectivity index (χ2v) is 4.73. The van der Waals surface area contributed by atoms with Gasteiger partial charge in [-0.15, -0.1) is 0 Å². The van der Waals surface area contributed by atoms with E-state index in [2.05, 4.69) is 11.9 Å². The molecular weight excluding hydrogens is 248 g/mol. The van der Waals surface area contributed by atoms with Crippen LogP contribution in [0.1, 0.15) is 18.9 Å². The molecule has 0 radical (unpaired) electrons. The van der Waals surface area contributed by atoms with Gasteiger partial charge >= 0.3 is 0 Å². The van der Waals surface area contributed by atoms with Gasteiger partial charge in [0.25, 0.3) is 0 Å². The van der Waals surface area contributed by atoms with Gasteiger partial charge in [-0.05, 0) is 42.7 Å². The van der Waals surface area contributed by atoms with E-state index in [1.165, 1.54) is 0 Å². The molecule has 1 aromatic carbocycles. The number of aromatic nitrogens is 1. The Morgan fingerprint density at radius 1 is 1.39 bits per heavy atom. The number of ether oxygens (including phenoxy) is 1. The van der Waals surface area contributed by atoms with Crippen molar-refractivity contribution in [2.24, 2.45) is 5.73 Å². The molecule has 0 saturated carbocycles. The highest BCUT2D eigenvalue weighted by atomic mass is 35.5. The zero-order valence-electron chi connectivity index (χ0n) is 10.6. The van der Waals surface area contributed by atoms with Gasteiger partial charge in [-0.2, -0.15) is 0 Å². The number of rotatable bonds is 4. The fraction of sp³-hybridized carbons (Fsp3) is 0.357. The minimum atomic E-state index is 0.118. The van der Waals surface area contributed by atoms with E-state index in [-0.39, 0.29) is 6.04 Å². The molecule has 0 aliphatic carbocycles. The molecule has 1 atom stereocenters. The molecule has 2 aromatic rings. The van der Waals surface area contributed by atoms with Crippen LogP contribution in [0, 0.1) is 0 Å². The molecule has 96 valence electrons. The summed E-state index contributed by atoms with van der Waals surface area (Å²) in [5.41, 5.74) is 7.83. The number of benzene rings is 1. The molecule has 2 rings (SSSR count). The molecule has 3 nitrogen and oxygen atoms in total. The third-order valence-electron chi connectivity index (χ3n) is 3.05. The number of fused-ring (bicyclic) bond motifs is 1. The summed E-state index contributed by atoms with van der Waals surface area (Å²) in [7, 11) is 1.65. The Hall–Kier alpha value is -1.32. The number of methoxy groups -OCH3 is 1. The molecule has 2 N–H and O–H groups in total. The Labute approximate surface area is 112 Å². The lowest BCUT2D eigenvalue weighted by Crippen LogP contribution is -2.21. The van der Waals surface area contributed by atoms with Gasteiger partial charge in [-0.25, -0.2) is 4.98 Å². The summed E-state index contributed by atoms with van der Waals surface area (Å²) in [5.74, 6) is 0.817. The number of pyridine rings is 1. The van der Waals surface area contributed by atoms with E-state index in [1.807, 2.05) is 24.3 Å². The number of hydrogen-bond acceptors (Lipinski definition) is 3. The lowest BCUT2D eigenvalue weighted by molar-refractivity contribution is 0.415. The zero-order valence-corrected chi connectivity index (χ0v) is 11.4. The van der Waals surface area contributed by atoms with E-state index in [1.54, 1.807) is 7.11 Å². The molecule has 0 aliphatic heterocycles. The van der Waals surface area contributed by atoms with Crippen LogP contribution in [0.5, 0.6) is 5.75 Å². The molecule has 0 bridgehead atoms. The first-order chi connectivity index (χ1) is 8.63. The minimum Gasteiger partial charge on any atom is -0.497 e. The zero-order chi connectivity index (χ0) is 13.1. The summed E-state index contributed by atoms with van der Waals surface area (Å²) in [5, 5.41) is 1.56. The Morgan fingerprint density at radius 3 is 2.83 bits per heavy atom. The quantitative estimate of drug-likeness (QED) is 0.863. The number of nitrogens with two attached hydrogens (primary N) is 1. The lowest BCUT2D eigenvalue weighted by Gasteiger charge is -2.11. The largest absolute Gasteiger partial charge is 0.497 e. The highest BCUT2D eigenvalue weighted by Gasteiger charge is 2.09. The highest BCUT2D eigenvalue weighted by Crippen LogP contribution is 2.25. The van der Waals surface area contributed by atoms with Gasteiger partial charge in [0.2, 0.25) is 0 Å². The summed E-state index contributed by atoms with van der Waals surface area (Å²) >= 11 is 6.18. The third-order valence-corrected chi connectivity index (χ3v) is 3.38. The molecule has 0 fully saturated rings. The topological polar surface area (TPSA) is 48.1 Å². The fourth-order valence-electron chi connectivity index (χ4n) is 1.87. The first-order valence-corrected chi connectivity index (χ1v) is 6.40. The van der Waals surface area contributed by atoms with Crippen molar-refractivity contribution in [3.05, 3.63) is 35.0 Å². The summed E-state index contributed by atoms with van der Waals surface area (Å²) in [4.78, 5) is 4.39. The number of halogens is 1. The van der Waals surface area contributed by atoms with Crippen molar-refractivity contribution in [2.75, 3.05) is 7.11 Å². The van der Waals surface area contributed by atoms with Crippen LogP contribution in [-0.4, -0.2) is 18.1 Å². The summed E-state index contributed by atoms with van der Waals surface area (Å²) < 4.78 is 5.21. The average molecular weight is 265 g/mol. The molecular formula is C14H17ClN2O. The summed E-state index contributed by atoms with van der Waals surface area (Å²) in [6.07, 6.45) is 1.67. The summed E-state index contributed by atoms with van der Waals surface area (Å²) in [6, 6.07) is 7.90. The van der Waals surface area contributed by atoms with Crippen LogP contribution in [0.3, 0.4) is 0 Å². The van der Waals surface area contributed by atoms with E-state index in [0.29, 0.717) is 5.15 Å². The Kier molecular flexibility index (Phi) is 4.04. The van der Waals surface area contributed by atoms with Crippen LogP contribution in [0.4, 0.5) is 0 Å². The number of nitrogens with zero attached hydrogens (tertiary/aromatic N) is 1. The third kappa shape index (κ3) is 2.74. The van der Waals surface area contributed by atoms with Crippen molar-refractivity contribution in [1.29, 1.82) is 0 Å². The van der Waals surface area contributed by atoms with Crippen molar-refractivity contribution in [3.8, 4) is 5.75 Å². The maximum Gasteiger partial charge on any atom is 0.133 e. The Bertz CT molecular complexity index is 557. The molecule has 1 aromatic heterocycles. The van der Waals surface area contributed by atoms with Crippen molar-refractivity contribution in [2.45, 2.75) is 25.8 Å². The highest BCUT2D eigenvalue weighted by molar-refractivity contribution is 6.30. The Morgan fingerprint density at radius 2 is 2.17 bits per heavy atom. The van der Waals surface area contributed by atoms with Crippen molar-refractivity contribution >= 4 is 22.5 Å². The van der Waals surface area contributed by atoms with Crippen LogP contribution in [-0.2, 0) is 6.42 Å². The first kappa shape index (κ1) is 13.1. The first-order valence-electron chi connectivity index (χ1n) is 6.02. The van der Waals surface area contributed by atoms with Crippen molar-refractivity contribution in [3.63, 3.8) is 0 Å². The van der Waals surface area contributed by atoms with Crippen LogP contribution in [0.25, 0.3) is 10.9 Å². The standard InChI is InChI=1S/C14H17ClN2O/c1-3-11(16)7-10-6-9-8-12(18-2)4-5-13(9)17-14(10)15/h4-6,8,11H,3,7,16H2,1-2H3. The maximum absolute atomic E-state index is 6.18. The fourth-order valence-corrected chi connectivity index (χ4v) is 2.09. The minimum absolute atomic E-state index is 0.118. The van der Waals surface area contributed by atoms with Crippen molar-refractivity contribution < 1.29 is 4.74 Å². The van der Waals surface area contributed by atoms with E-state index in [4.69, 9.17) is 22.1 Å². The van der Waals surface area contributed by atoms with Gasteiger partial charge in [0.1, 0.15) is 10.9 Å². The lowest BCUT2D eigenvalue weighted by atomic mass is 10.0. The van der Waals surface area contributed by atoms with Gasteiger partial charge in [-0.1, -0.05) is 18.5 Å². The average Bonchev–Trinajstić information content (AvgIpc) is 2.39. The van der Waals surface area contributed by atoms with Gasteiger partial charge in [0, 0.05) is 11.4 Å². The molecule has 0 saturated heterocycles. The van der Waals surface area contributed by atoms with Crippen LogP contribution in [0.15, 0.2) is 24.3 Å². The monoisotopic (exact) mass is 264 g/mol. The normalized spacial score (nSPS) is 12.7. The van der Waals surface area contributed by atoms with Crippen LogP contribution < -0.4 is 10.5 Å². The molecule has 0 amide bonds. The van der Waals surface area contributed by atoms with E-state index in [0.717, 1.165) is 35.1 Å². The second kappa shape index (κ2) is 5.55. The molecule has 1 heterocycles. The van der Waals surface area contributed by atoms with Gasteiger partial charge in [0.15, 0.2) is 0 Å². The second-order valence-electron chi connectivity index (χ2n) is 4.37. The van der Waals surface area contributed by atoms with E-state index < -0.39 is 0 Å². The van der Waals surface area contributed by atoms with Crippen LogP contribution >= 0.6 is 11.6 Å². The van der Waals surface area contributed by atoms with E-state index in [9.17, 15) is 0 Å². The molecule has 0 aliphatic rings. The maximum atomic E-state index is 6.18. The smallest absolute Gasteiger partial charge is 0.133 e. The van der Waals surface area contributed by atoms with Gasteiger partial charge in [0.05, 0.1) is 12.6 Å². The molecule has 18 heavy (non-hydrogen) atoms. The molecule has 0 spiro atoms. The summed E-state index contributed by atoms with van der Waals surface area (Å²) in [6.45, 7) is 2.07. The van der Waals surface area contributed by atoms with Gasteiger partial charge < -0.3 is 10.5 Å². The molecule has 1 unspecified atom stereocenters. The molecule has 4 heteroatoms. The van der Waals surface area contributed by atoms with Crippen molar-refractivity contribution in [1.82, 2.24) is 4.98 Å². The van der Waals surface area contributed by atoms with E-state index >= 15 is 0 Å². The van der Waals surface area contributed by atoms with Gasteiger partial charge in [-0.3, -0.25) is 0 Å². The predicted octanol–water partition coefficient (Wildman–Crippen LogP) is 3.18. The Balaban J connectivity index is 2.44. The SMILES string of the molecule is CCC(N)Cc1cc2cc(OC)ccc2nc1Cl. The number of hydrogen-bond donors (Lipinski definition) is 1.